The molecule has 240 valence electrons. The Labute approximate surface area is 286 Å². The average Bonchev–Trinajstić information content (AvgIpc) is 3.40. The first-order valence-corrected chi connectivity index (χ1v) is 16.2. The predicted molar refractivity (Wildman–Crippen MR) is 180 cm³/mol. The molecule has 0 spiro atoms. The van der Waals surface area contributed by atoms with Crippen molar-refractivity contribution in [3.8, 4) is 5.75 Å². The fraction of sp³-hybridized carbons (Fsp3) is 0.125. The summed E-state index contributed by atoms with van der Waals surface area (Å²) in [5.41, 5.74) is 4.56. The first kappa shape index (κ1) is 30.5. The summed E-state index contributed by atoms with van der Waals surface area (Å²) in [6.07, 6.45) is 0. The van der Waals surface area contributed by atoms with Crippen molar-refractivity contribution in [1.82, 2.24) is 10.0 Å². The number of Topliss-reactive ketones (excluding diaryl/α,β-unsaturated/α-hetero) is 1. The molecule has 1 saturated heterocycles. The van der Waals surface area contributed by atoms with Crippen LogP contribution in [0.25, 0.3) is 0 Å². The van der Waals surface area contributed by atoms with Gasteiger partial charge in [0.15, 0.2) is 5.78 Å². The number of hydrogen-bond donors (Lipinski definition) is 0. The van der Waals surface area contributed by atoms with Crippen molar-refractivity contribution in [3.05, 3.63) is 171 Å². The van der Waals surface area contributed by atoms with Gasteiger partial charge in [-0.2, -0.15) is 5.01 Å². The highest BCUT2D eigenvalue weighted by Gasteiger charge is 2.63. The monoisotopic (exact) mass is 666 g/mol. The fourth-order valence-corrected chi connectivity index (χ4v) is 7.80. The van der Waals surface area contributed by atoms with Gasteiger partial charge >= 0.3 is 5.97 Å². The highest BCUT2D eigenvalue weighted by atomic mass is 35.5. The highest BCUT2D eigenvalue weighted by Crippen LogP contribution is 2.61. The van der Waals surface area contributed by atoms with E-state index >= 15 is 0 Å². The number of amides is 3. The third-order valence-corrected chi connectivity index (χ3v) is 10.0. The number of halogens is 1. The lowest BCUT2D eigenvalue weighted by Gasteiger charge is -2.45. The summed E-state index contributed by atoms with van der Waals surface area (Å²) in [6.45, 7) is -0.612. The van der Waals surface area contributed by atoms with E-state index in [1.54, 1.807) is 42.5 Å². The van der Waals surface area contributed by atoms with E-state index in [0.717, 1.165) is 32.3 Å². The molecule has 0 radical (unpaired) electrons. The number of hydrazine groups is 1. The van der Waals surface area contributed by atoms with E-state index in [1.807, 2.05) is 48.5 Å². The number of ketones is 1. The molecule has 8 nitrogen and oxygen atoms in total. The number of benzene rings is 5. The molecular weight excluding hydrogens is 640 g/mol. The van der Waals surface area contributed by atoms with Crippen LogP contribution < -0.4 is 4.74 Å². The molecule has 0 aromatic heterocycles. The molecule has 5 aromatic rings. The Balaban J connectivity index is 1.13. The smallest absolute Gasteiger partial charge is 0.343 e. The Hall–Kier alpha value is -5.86. The second-order valence-corrected chi connectivity index (χ2v) is 12.7. The van der Waals surface area contributed by atoms with Crippen LogP contribution >= 0.6 is 11.6 Å². The maximum absolute atomic E-state index is 14.5. The minimum atomic E-state index is -0.755. The first-order chi connectivity index (χ1) is 23.8. The molecule has 5 aromatic carbocycles. The second kappa shape index (κ2) is 12.0. The van der Waals surface area contributed by atoms with Gasteiger partial charge in [0.25, 0.3) is 17.7 Å². The van der Waals surface area contributed by atoms with Gasteiger partial charge in [-0.1, -0.05) is 90.5 Å². The molecule has 1 heterocycles. The summed E-state index contributed by atoms with van der Waals surface area (Å²) in [6, 6.07) is 36.4. The number of hydrogen-bond acceptors (Lipinski definition) is 6. The second-order valence-electron chi connectivity index (χ2n) is 12.3. The van der Waals surface area contributed by atoms with E-state index in [1.165, 1.54) is 36.4 Å². The van der Waals surface area contributed by atoms with Crippen LogP contribution in [-0.2, 0) is 9.59 Å². The zero-order valence-corrected chi connectivity index (χ0v) is 26.6. The maximum atomic E-state index is 14.5. The molecule has 2 bridgehead atoms. The normalized spacial score (nSPS) is 19.9. The largest absolute Gasteiger partial charge is 0.423 e. The zero-order chi connectivity index (χ0) is 33.8. The molecule has 9 rings (SSSR count). The Morgan fingerprint density at radius 1 is 0.612 bits per heavy atom. The standard InChI is InChI=1S/C40H27ClN2O6/c41-31-17-9-8-16-30(31)37(45)42(22-32(44)23-18-20-25(21-19-23)49-40(48)24-10-2-1-3-11-24)43-38(46)35-33-26-12-4-5-13-27(26)34(36(35)39(43)47)29-15-7-6-14-28(29)33/h1-21,33-36H,22H2/t33?,34?,35-,36-/m0/s1. The predicted octanol–water partition coefficient (Wildman–Crippen LogP) is 6.69. The topological polar surface area (TPSA) is 101 Å². The molecular formula is C40H27ClN2O6. The van der Waals surface area contributed by atoms with Crippen LogP contribution in [0.4, 0.5) is 0 Å². The van der Waals surface area contributed by atoms with Crippen LogP contribution in [-0.4, -0.2) is 46.0 Å². The molecule has 3 aliphatic carbocycles. The van der Waals surface area contributed by atoms with Crippen LogP contribution in [0.5, 0.6) is 5.75 Å². The third kappa shape index (κ3) is 4.95. The Morgan fingerprint density at radius 2 is 1.10 bits per heavy atom. The molecule has 2 atom stereocenters. The molecule has 0 N–H and O–H groups in total. The summed E-state index contributed by atoms with van der Waals surface area (Å²) in [5.74, 6) is -4.97. The summed E-state index contributed by atoms with van der Waals surface area (Å²) in [7, 11) is 0. The summed E-state index contributed by atoms with van der Waals surface area (Å²) < 4.78 is 5.44. The van der Waals surface area contributed by atoms with Crippen LogP contribution in [0, 0.1) is 11.8 Å². The lowest BCUT2D eigenvalue weighted by molar-refractivity contribution is -0.154. The molecule has 1 fully saturated rings. The highest BCUT2D eigenvalue weighted by molar-refractivity contribution is 6.34. The number of esters is 1. The van der Waals surface area contributed by atoms with Gasteiger partial charge in [0.2, 0.25) is 0 Å². The number of carbonyl (C=O) groups is 5. The van der Waals surface area contributed by atoms with Crippen LogP contribution in [0.3, 0.4) is 0 Å². The Kier molecular flexibility index (Phi) is 7.45. The number of imide groups is 1. The zero-order valence-electron chi connectivity index (χ0n) is 25.9. The summed E-state index contributed by atoms with van der Waals surface area (Å²) in [4.78, 5) is 69.6. The minimum Gasteiger partial charge on any atom is -0.423 e. The van der Waals surface area contributed by atoms with Gasteiger partial charge in [-0.15, -0.1) is 0 Å². The van der Waals surface area contributed by atoms with E-state index in [4.69, 9.17) is 16.3 Å². The van der Waals surface area contributed by atoms with Crippen molar-refractivity contribution in [3.63, 3.8) is 0 Å². The van der Waals surface area contributed by atoms with Crippen molar-refractivity contribution in [2.45, 2.75) is 11.8 Å². The maximum Gasteiger partial charge on any atom is 0.343 e. The van der Waals surface area contributed by atoms with E-state index in [0.29, 0.717) is 5.56 Å². The van der Waals surface area contributed by atoms with Crippen LogP contribution in [0.1, 0.15) is 65.2 Å². The van der Waals surface area contributed by atoms with Gasteiger partial charge in [-0.25, -0.2) is 9.80 Å². The number of rotatable bonds is 7. The van der Waals surface area contributed by atoms with Crippen molar-refractivity contribution >= 4 is 41.1 Å². The number of carbonyl (C=O) groups excluding carboxylic acids is 5. The average molecular weight is 667 g/mol. The summed E-state index contributed by atoms with van der Waals surface area (Å²) in [5, 5.41) is 1.93. The third-order valence-electron chi connectivity index (χ3n) is 9.70. The minimum absolute atomic E-state index is 0.0464. The van der Waals surface area contributed by atoms with E-state index in [9.17, 15) is 24.0 Å². The van der Waals surface area contributed by atoms with Crippen molar-refractivity contribution in [1.29, 1.82) is 0 Å². The number of ether oxygens (including phenoxy) is 1. The van der Waals surface area contributed by atoms with Gasteiger partial charge in [-0.05, 0) is 70.8 Å². The molecule has 9 heteroatoms. The van der Waals surface area contributed by atoms with Gasteiger partial charge in [0, 0.05) is 17.4 Å². The fourth-order valence-electron chi connectivity index (χ4n) is 7.58. The SMILES string of the molecule is O=C(CN(C(=O)c1ccccc1Cl)N1C(=O)[C@H]2C3c4ccccc4C(c4ccccc43)[C@@H]2C1=O)c1ccc(OC(=O)c2ccccc2)cc1. The van der Waals surface area contributed by atoms with Crippen molar-refractivity contribution in [2.75, 3.05) is 6.54 Å². The van der Waals surface area contributed by atoms with Gasteiger partial charge in [-0.3, -0.25) is 19.2 Å². The molecule has 1 aliphatic heterocycles. The molecule has 0 saturated carbocycles. The van der Waals surface area contributed by atoms with E-state index in [2.05, 4.69) is 0 Å². The quantitative estimate of drug-likeness (QED) is 0.0830. The molecule has 4 aliphatic rings. The Morgan fingerprint density at radius 3 is 1.63 bits per heavy atom. The lowest BCUT2D eigenvalue weighted by Crippen LogP contribution is -2.52. The summed E-state index contributed by atoms with van der Waals surface area (Å²) >= 11 is 6.44. The van der Waals surface area contributed by atoms with E-state index < -0.39 is 47.9 Å². The Bertz CT molecular complexity index is 2070. The number of nitrogens with zero attached hydrogens (tertiary/aromatic N) is 2. The molecule has 49 heavy (non-hydrogen) atoms. The van der Waals surface area contributed by atoms with Gasteiger partial charge < -0.3 is 4.74 Å². The molecule has 3 amide bonds. The van der Waals surface area contributed by atoms with Gasteiger partial charge in [0.05, 0.1) is 28.0 Å². The van der Waals surface area contributed by atoms with Crippen molar-refractivity contribution < 1.29 is 28.7 Å². The van der Waals surface area contributed by atoms with Gasteiger partial charge in [0.1, 0.15) is 12.3 Å². The lowest BCUT2D eigenvalue weighted by atomic mass is 9.55. The van der Waals surface area contributed by atoms with Crippen LogP contribution in [0.15, 0.2) is 127 Å². The first-order valence-electron chi connectivity index (χ1n) is 15.9. The van der Waals surface area contributed by atoms with Crippen molar-refractivity contribution in [2.24, 2.45) is 11.8 Å². The molecule has 0 unspecified atom stereocenters. The van der Waals surface area contributed by atoms with E-state index in [-0.39, 0.29) is 33.7 Å². The van der Waals surface area contributed by atoms with Crippen LogP contribution in [0.2, 0.25) is 5.02 Å².